The topological polar surface area (TPSA) is 120 Å². The Morgan fingerprint density at radius 2 is 1.81 bits per heavy atom. The molecule has 0 saturated carbocycles. The third-order valence-corrected chi connectivity index (χ3v) is 7.13. The van der Waals surface area contributed by atoms with Crippen molar-refractivity contribution in [3.8, 4) is 5.75 Å². The highest BCUT2D eigenvalue weighted by molar-refractivity contribution is 8.00. The van der Waals surface area contributed by atoms with E-state index in [4.69, 9.17) is 14.6 Å². The molecule has 2 aliphatic heterocycles. The predicted octanol–water partition coefficient (Wildman–Crippen LogP) is 0.832. The van der Waals surface area contributed by atoms with Crippen LogP contribution >= 0.6 is 11.8 Å². The average molecular weight is 449 g/mol. The lowest BCUT2D eigenvalue weighted by molar-refractivity contribution is -0.231. The van der Waals surface area contributed by atoms with Gasteiger partial charge in [0.05, 0.1) is 13.2 Å². The molecule has 7 nitrogen and oxygen atoms in total. The van der Waals surface area contributed by atoms with Gasteiger partial charge in [-0.05, 0) is 47.7 Å². The van der Waals surface area contributed by atoms with Crippen LogP contribution in [0.15, 0.2) is 47.4 Å². The lowest BCUT2D eigenvalue weighted by Crippen LogP contribution is -2.55. The van der Waals surface area contributed by atoms with E-state index in [1.807, 2.05) is 30.0 Å². The molecular formula is C23H28O7S. The summed E-state index contributed by atoms with van der Waals surface area (Å²) in [6.07, 6.45) is -4.36. The molecule has 2 aromatic carbocycles. The molecule has 168 valence electrons. The first-order chi connectivity index (χ1) is 15.0. The molecule has 0 aromatic heterocycles. The van der Waals surface area contributed by atoms with E-state index in [0.29, 0.717) is 23.0 Å². The molecule has 5 N–H and O–H groups in total. The molecule has 8 heteroatoms. The molecule has 1 fully saturated rings. The molecule has 0 spiro atoms. The van der Waals surface area contributed by atoms with Gasteiger partial charge in [0, 0.05) is 10.1 Å². The first-order valence-electron chi connectivity index (χ1n) is 10.4. The number of hydrogen-bond donors (Lipinski definition) is 5. The van der Waals surface area contributed by atoms with E-state index in [0.717, 1.165) is 12.0 Å². The fraction of sp³-hybridized carbons (Fsp3) is 0.478. The molecule has 0 bridgehead atoms. The van der Waals surface area contributed by atoms with Crippen LogP contribution in [0.5, 0.6) is 5.75 Å². The number of aliphatic hydroxyl groups excluding tert-OH is 5. The summed E-state index contributed by atoms with van der Waals surface area (Å²) in [7, 11) is 0. The number of rotatable bonds is 7. The normalized spacial score (nSPS) is 30.2. The van der Waals surface area contributed by atoms with E-state index in [9.17, 15) is 20.4 Å². The monoisotopic (exact) mass is 448 g/mol. The van der Waals surface area contributed by atoms with Gasteiger partial charge < -0.3 is 35.0 Å². The van der Waals surface area contributed by atoms with Crippen molar-refractivity contribution in [2.45, 2.75) is 53.5 Å². The van der Waals surface area contributed by atoms with Gasteiger partial charge in [-0.1, -0.05) is 24.3 Å². The number of fused-ring (bicyclic) bond motifs is 1. The van der Waals surface area contributed by atoms with E-state index >= 15 is 0 Å². The van der Waals surface area contributed by atoms with Crippen molar-refractivity contribution in [2.75, 3.05) is 19.8 Å². The molecule has 31 heavy (non-hydrogen) atoms. The van der Waals surface area contributed by atoms with Crippen molar-refractivity contribution in [3.05, 3.63) is 59.2 Å². The van der Waals surface area contributed by atoms with Gasteiger partial charge in [0.2, 0.25) is 0 Å². The van der Waals surface area contributed by atoms with Crippen LogP contribution in [0.2, 0.25) is 0 Å². The van der Waals surface area contributed by atoms with Crippen molar-refractivity contribution in [2.24, 2.45) is 0 Å². The Kier molecular flexibility index (Phi) is 7.18. The maximum absolute atomic E-state index is 10.5. The first-order valence-corrected chi connectivity index (χ1v) is 11.3. The molecule has 6 atom stereocenters. The highest BCUT2D eigenvalue weighted by atomic mass is 32.2. The second kappa shape index (κ2) is 9.87. The van der Waals surface area contributed by atoms with E-state index in [1.54, 1.807) is 12.1 Å². The van der Waals surface area contributed by atoms with Gasteiger partial charge in [-0.25, -0.2) is 0 Å². The second-order valence-corrected chi connectivity index (χ2v) is 9.29. The van der Waals surface area contributed by atoms with Gasteiger partial charge >= 0.3 is 0 Å². The number of hydrogen-bond acceptors (Lipinski definition) is 8. The molecule has 0 aliphatic carbocycles. The molecule has 1 saturated heterocycles. The van der Waals surface area contributed by atoms with Crippen molar-refractivity contribution in [3.63, 3.8) is 0 Å². The van der Waals surface area contributed by atoms with Crippen molar-refractivity contribution < 1.29 is 35.0 Å². The smallest absolute Gasteiger partial charge is 0.122 e. The maximum Gasteiger partial charge on any atom is 0.122 e. The van der Waals surface area contributed by atoms with Crippen LogP contribution in [-0.2, 0) is 17.6 Å². The summed E-state index contributed by atoms with van der Waals surface area (Å²) in [5.41, 5.74) is 2.86. The quantitative estimate of drug-likeness (QED) is 0.423. The van der Waals surface area contributed by atoms with E-state index in [2.05, 4.69) is 12.1 Å². The minimum Gasteiger partial charge on any atom is -0.491 e. The summed E-state index contributed by atoms with van der Waals surface area (Å²) in [6.45, 7) is -0.398. The summed E-state index contributed by atoms with van der Waals surface area (Å²) >= 11 is 1.82. The van der Waals surface area contributed by atoms with Crippen LogP contribution in [0.4, 0.5) is 0 Å². The summed E-state index contributed by atoms with van der Waals surface area (Å²) in [6, 6.07) is 13.7. The Morgan fingerprint density at radius 1 is 1.00 bits per heavy atom. The lowest BCUT2D eigenvalue weighted by Gasteiger charge is -2.40. The summed E-state index contributed by atoms with van der Waals surface area (Å²) in [5.74, 6) is 0.652. The van der Waals surface area contributed by atoms with Crippen LogP contribution in [-0.4, -0.2) is 75.0 Å². The standard InChI is InChI=1S/C23H28O7S/c24-7-8-29-17-6-5-14(23-22(28)21(27)20(26)18(12-25)30-23)9-15(17)11-16-10-13-3-1-2-4-19(13)31-16/h1-6,9,16,18,20-28H,7-8,10-12H2/t16?,18-,20-,21?,22-,23?/m1/s1. The number of benzene rings is 2. The molecular weight excluding hydrogens is 420 g/mol. The van der Waals surface area contributed by atoms with Gasteiger partial charge in [0.15, 0.2) is 0 Å². The van der Waals surface area contributed by atoms with Gasteiger partial charge in [-0.15, -0.1) is 11.8 Å². The zero-order chi connectivity index (χ0) is 22.0. The minimum atomic E-state index is -1.43. The second-order valence-electron chi connectivity index (χ2n) is 7.94. The Bertz CT molecular complexity index is 865. The Labute approximate surface area is 185 Å². The zero-order valence-corrected chi connectivity index (χ0v) is 17.8. The fourth-order valence-corrected chi connectivity index (χ4v) is 5.57. The van der Waals surface area contributed by atoms with Crippen LogP contribution in [0.1, 0.15) is 22.8 Å². The van der Waals surface area contributed by atoms with Crippen molar-refractivity contribution in [1.29, 1.82) is 0 Å². The molecule has 0 amide bonds. The third kappa shape index (κ3) is 4.75. The highest BCUT2D eigenvalue weighted by Gasteiger charge is 2.44. The molecule has 0 radical (unpaired) electrons. The van der Waals surface area contributed by atoms with Crippen molar-refractivity contribution >= 4 is 11.8 Å². The van der Waals surface area contributed by atoms with Gasteiger partial charge in [-0.3, -0.25) is 0 Å². The van der Waals surface area contributed by atoms with Gasteiger partial charge in [0.25, 0.3) is 0 Å². The number of ether oxygens (including phenoxy) is 2. The summed E-state index contributed by atoms with van der Waals surface area (Å²) in [4.78, 5) is 1.27. The first kappa shape index (κ1) is 22.5. The molecule has 2 aliphatic rings. The fourth-order valence-electron chi connectivity index (χ4n) is 4.22. The molecule has 2 aromatic rings. The molecule has 2 heterocycles. The molecule has 4 rings (SSSR count). The number of aliphatic hydroxyl groups is 5. The Hall–Kier alpha value is -1.65. The van der Waals surface area contributed by atoms with E-state index in [-0.39, 0.29) is 13.2 Å². The minimum absolute atomic E-state index is 0.0997. The van der Waals surface area contributed by atoms with E-state index < -0.39 is 37.1 Å². The summed E-state index contributed by atoms with van der Waals surface area (Å²) < 4.78 is 11.4. The van der Waals surface area contributed by atoms with Crippen LogP contribution in [0.3, 0.4) is 0 Å². The number of thioether (sulfide) groups is 1. The van der Waals surface area contributed by atoms with Gasteiger partial charge in [0.1, 0.15) is 42.9 Å². The van der Waals surface area contributed by atoms with Crippen LogP contribution in [0.25, 0.3) is 0 Å². The maximum atomic E-state index is 10.5. The van der Waals surface area contributed by atoms with Gasteiger partial charge in [-0.2, -0.15) is 0 Å². The van der Waals surface area contributed by atoms with Crippen LogP contribution in [0, 0.1) is 0 Å². The Morgan fingerprint density at radius 3 is 2.55 bits per heavy atom. The Balaban J connectivity index is 1.59. The lowest BCUT2D eigenvalue weighted by atomic mass is 9.90. The van der Waals surface area contributed by atoms with Crippen molar-refractivity contribution in [1.82, 2.24) is 0 Å². The van der Waals surface area contributed by atoms with E-state index in [1.165, 1.54) is 10.5 Å². The largest absolute Gasteiger partial charge is 0.491 e. The predicted molar refractivity (Wildman–Crippen MR) is 115 cm³/mol. The average Bonchev–Trinajstić information content (AvgIpc) is 3.19. The highest BCUT2D eigenvalue weighted by Crippen LogP contribution is 2.40. The zero-order valence-electron chi connectivity index (χ0n) is 17.0. The van der Waals surface area contributed by atoms with Crippen LogP contribution < -0.4 is 4.74 Å². The third-order valence-electron chi connectivity index (χ3n) is 5.82. The molecule has 3 unspecified atom stereocenters. The SMILES string of the molecule is OCCOc1ccc(C2O[C@H](CO)[C@@H](O)C(O)[C@H]2O)cc1CC1Cc2ccccc2S1. The summed E-state index contributed by atoms with van der Waals surface area (Å²) in [5, 5.41) is 49.7.